The second kappa shape index (κ2) is 3.31. The molecule has 1 unspecified atom stereocenters. The lowest BCUT2D eigenvalue weighted by Gasteiger charge is -2.05. The van der Waals surface area contributed by atoms with E-state index in [4.69, 9.17) is 10.9 Å². The summed E-state index contributed by atoms with van der Waals surface area (Å²) in [6.45, 7) is 0. The maximum atomic E-state index is 9.56. The number of hydrogen-bond acceptors (Lipinski definition) is 3. The fourth-order valence-electron chi connectivity index (χ4n) is 1.81. The fourth-order valence-corrected chi connectivity index (χ4v) is 1.81. The zero-order chi connectivity index (χ0) is 10.1. The number of rotatable bonds is 1. The summed E-state index contributed by atoms with van der Waals surface area (Å²) in [6.07, 6.45) is 1.25. The van der Waals surface area contributed by atoms with E-state index in [1.165, 1.54) is 0 Å². The first-order valence-corrected chi connectivity index (χ1v) is 4.51. The van der Waals surface area contributed by atoms with E-state index in [0.29, 0.717) is 5.56 Å². The van der Waals surface area contributed by atoms with Crippen LogP contribution in [0.5, 0.6) is 0 Å². The van der Waals surface area contributed by atoms with Gasteiger partial charge in [-0.05, 0) is 30.0 Å². The summed E-state index contributed by atoms with van der Waals surface area (Å²) in [5.74, 6) is 0.106. The van der Waals surface area contributed by atoms with E-state index >= 15 is 0 Å². The zero-order valence-corrected chi connectivity index (χ0v) is 7.64. The van der Waals surface area contributed by atoms with Gasteiger partial charge in [0.05, 0.1) is 6.10 Å². The number of aliphatic hydroxyl groups is 1. The highest BCUT2D eigenvalue weighted by molar-refractivity contribution is 5.97. The Morgan fingerprint density at radius 1 is 1.50 bits per heavy atom. The van der Waals surface area contributed by atoms with E-state index < -0.39 is 0 Å². The molecule has 4 heteroatoms. The smallest absolute Gasteiger partial charge is 0.170 e. The number of benzene rings is 1. The minimum Gasteiger partial charge on any atom is -0.409 e. The summed E-state index contributed by atoms with van der Waals surface area (Å²) in [7, 11) is 0. The Labute approximate surface area is 81.7 Å². The molecule has 0 spiro atoms. The van der Waals surface area contributed by atoms with Gasteiger partial charge in [0.25, 0.3) is 0 Å². The number of amidine groups is 1. The lowest BCUT2D eigenvalue weighted by atomic mass is 10.1. The Kier molecular flexibility index (Phi) is 2.13. The van der Waals surface area contributed by atoms with Crippen molar-refractivity contribution in [3.05, 3.63) is 34.9 Å². The molecule has 74 valence electrons. The number of aryl methyl sites for hydroxylation is 1. The molecular formula is C10H12N2O2. The Hall–Kier alpha value is -1.55. The molecule has 0 fully saturated rings. The van der Waals surface area contributed by atoms with Crippen molar-refractivity contribution >= 4 is 5.84 Å². The molecule has 0 bridgehead atoms. The van der Waals surface area contributed by atoms with Crippen molar-refractivity contribution in [2.75, 3.05) is 0 Å². The van der Waals surface area contributed by atoms with Crippen LogP contribution < -0.4 is 5.73 Å². The van der Waals surface area contributed by atoms with Crippen LogP contribution in [-0.4, -0.2) is 16.1 Å². The van der Waals surface area contributed by atoms with E-state index in [1.807, 2.05) is 12.1 Å². The number of aliphatic hydroxyl groups excluding tert-OH is 1. The van der Waals surface area contributed by atoms with Crippen LogP contribution in [-0.2, 0) is 6.42 Å². The normalized spacial score (nSPS) is 20.9. The summed E-state index contributed by atoms with van der Waals surface area (Å²) >= 11 is 0. The average molecular weight is 192 g/mol. The summed E-state index contributed by atoms with van der Waals surface area (Å²) in [4.78, 5) is 0. The van der Waals surface area contributed by atoms with Gasteiger partial charge < -0.3 is 16.0 Å². The van der Waals surface area contributed by atoms with E-state index in [-0.39, 0.29) is 11.9 Å². The number of nitrogens with zero attached hydrogens (tertiary/aromatic N) is 1. The van der Waals surface area contributed by atoms with Crippen LogP contribution in [0.2, 0.25) is 0 Å². The molecule has 0 saturated heterocycles. The van der Waals surface area contributed by atoms with E-state index in [2.05, 4.69) is 5.16 Å². The first-order chi connectivity index (χ1) is 6.72. The molecule has 2 rings (SSSR count). The second-order valence-corrected chi connectivity index (χ2v) is 3.45. The van der Waals surface area contributed by atoms with Crippen LogP contribution in [0.1, 0.15) is 29.2 Å². The van der Waals surface area contributed by atoms with Gasteiger partial charge in [-0.2, -0.15) is 0 Å². The molecule has 1 aromatic rings. The maximum absolute atomic E-state index is 9.56. The van der Waals surface area contributed by atoms with Crippen LogP contribution >= 0.6 is 0 Å². The third kappa shape index (κ3) is 1.33. The molecule has 1 aromatic carbocycles. The third-order valence-electron chi connectivity index (χ3n) is 2.59. The van der Waals surface area contributed by atoms with Gasteiger partial charge in [0.2, 0.25) is 0 Å². The van der Waals surface area contributed by atoms with Crippen molar-refractivity contribution in [2.24, 2.45) is 10.9 Å². The highest BCUT2D eigenvalue weighted by Gasteiger charge is 2.20. The SMILES string of the molecule is N/C(=N\O)c1ccc2c(c1)CCC2O. The third-order valence-corrected chi connectivity index (χ3v) is 2.59. The quantitative estimate of drug-likeness (QED) is 0.266. The second-order valence-electron chi connectivity index (χ2n) is 3.45. The number of nitrogens with two attached hydrogens (primary N) is 1. The molecule has 0 saturated carbocycles. The van der Waals surface area contributed by atoms with Gasteiger partial charge >= 0.3 is 0 Å². The molecule has 14 heavy (non-hydrogen) atoms. The Morgan fingerprint density at radius 2 is 2.29 bits per heavy atom. The molecule has 0 aromatic heterocycles. The molecule has 0 heterocycles. The summed E-state index contributed by atoms with van der Waals surface area (Å²) in [5, 5.41) is 21.0. The molecule has 1 aliphatic carbocycles. The first kappa shape index (κ1) is 9.02. The molecule has 4 nitrogen and oxygen atoms in total. The van der Waals surface area contributed by atoms with Gasteiger partial charge in [-0.25, -0.2) is 0 Å². The Bertz CT molecular complexity index is 388. The van der Waals surface area contributed by atoms with Crippen molar-refractivity contribution in [1.29, 1.82) is 0 Å². The number of hydrogen-bond donors (Lipinski definition) is 3. The Balaban J connectivity index is 2.42. The lowest BCUT2D eigenvalue weighted by Crippen LogP contribution is -2.13. The van der Waals surface area contributed by atoms with Gasteiger partial charge in [0.15, 0.2) is 5.84 Å². The van der Waals surface area contributed by atoms with Crippen LogP contribution in [0.4, 0.5) is 0 Å². The van der Waals surface area contributed by atoms with Gasteiger partial charge in [-0.15, -0.1) is 0 Å². The maximum Gasteiger partial charge on any atom is 0.170 e. The average Bonchev–Trinajstić information content (AvgIpc) is 2.59. The molecule has 1 aliphatic rings. The minimum atomic E-state index is -0.355. The molecule has 0 aliphatic heterocycles. The first-order valence-electron chi connectivity index (χ1n) is 4.51. The highest BCUT2D eigenvalue weighted by Crippen LogP contribution is 2.31. The van der Waals surface area contributed by atoms with E-state index in [1.54, 1.807) is 6.07 Å². The van der Waals surface area contributed by atoms with Gasteiger partial charge in [-0.3, -0.25) is 0 Å². The van der Waals surface area contributed by atoms with Gasteiger partial charge in [-0.1, -0.05) is 17.3 Å². The molecule has 0 amide bonds. The van der Waals surface area contributed by atoms with E-state index in [9.17, 15) is 5.11 Å². The molecular weight excluding hydrogens is 180 g/mol. The van der Waals surface area contributed by atoms with Gasteiger partial charge in [0, 0.05) is 5.56 Å². The predicted octanol–water partition coefficient (Wildman–Crippen LogP) is 0.761. The molecule has 4 N–H and O–H groups in total. The van der Waals surface area contributed by atoms with Crippen LogP contribution in [0.3, 0.4) is 0 Å². The van der Waals surface area contributed by atoms with Gasteiger partial charge in [0.1, 0.15) is 0 Å². The predicted molar refractivity (Wildman–Crippen MR) is 52.2 cm³/mol. The van der Waals surface area contributed by atoms with Crippen molar-refractivity contribution in [1.82, 2.24) is 0 Å². The zero-order valence-electron chi connectivity index (χ0n) is 7.64. The molecule has 1 atom stereocenters. The minimum absolute atomic E-state index is 0.106. The van der Waals surface area contributed by atoms with Crippen molar-refractivity contribution in [2.45, 2.75) is 18.9 Å². The molecule has 0 radical (unpaired) electrons. The number of oxime groups is 1. The lowest BCUT2D eigenvalue weighted by molar-refractivity contribution is 0.180. The van der Waals surface area contributed by atoms with E-state index in [0.717, 1.165) is 24.0 Å². The standard InChI is InChI=1S/C10H12N2O2/c11-10(12-14)7-1-3-8-6(5-7)2-4-9(8)13/h1,3,5,9,13-14H,2,4H2,(H2,11,12). The number of fused-ring (bicyclic) bond motifs is 1. The monoisotopic (exact) mass is 192 g/mol. The summed E-state index contributed by atoms with van der Waals surface area (Å²) < 4.78 is 0. The van der Waals surface area contributed by atoms with Crippen molar-refractivity contribution in [3.63, 3.8) is 0 Å². The van der Waals surface area contributed by atoms with Crippen molar-refractivity contribution in [3.8, 4) is 0 Å². The van der Waals surface area contributed by atoms with Crippen molar-refractivity contribution < 1.29 is 10.3 Å². The largest absolute Gasteiger partial charge is 0.409 e. The topological polar surface area (TPSA) is 78.8 Å². The fraction of sp³-hybridized carbons (Fsp3) is 0.300. The Morgan fingerprint density at radius 3 is 3.00 bits per heavy atom. The van der Waals surface area contributed by atoms with Crippen LogP contribution in [0, 0.1) is 0 Å². The van der Waals surface area contributed by atoms with Crippen LogP contribution in [0.15, 0.2) is 23.4 Å². The summed E-state index contributed by atoms with van der Waals surface area (Å²) in [6, 6.07) is 5.45. The highest BCUT2D eigenvalue weighted by atomic mass is 16.4. The van der Waals surface area contributed by atoms with Crippen LogP contribution in [0.25, 0.3) is 0 Å². The summed E-state index contributed by atoms with van der Waals surface area (Å²) in [5.41, 5.74) is 8.20.